The van der Waals surface area contributed by atoms with Gasteiger partial charge in [0.15, 0.2) is 0 Å². The average Bonchev–Trinajstić information content (AvgIpc) is 2.87. The molecule has 0 saturated carbocycles. The lowest BCUT2D eigenvalue weighted by Gasteiger charge is -2.13. The van der Waals surface area contributed by atoms with Crippen molar-refractivity contribution in [2.45, 2.75) is 33.4 Å². The van der Waals surface area contributed by atoms with E-state index in [0.29, 0.717) is 6.04 Å². The van der Waals surface area contributed by atoms with Gasteiger partial charge in [0.05, 0.1) is 11.7 Å². The van der Waals surface area contributed by atoms with Crippen LogP contribution in [0.2, 0.25) is 0 Å². The molecule has 1 atom stereocenters. The molecule has 16 heavy (non-hydrogen) atoms. The predicted molar refractivity (Wildman–Crippen MR) is 69.0 cm³/mol. The fraction of sp³-hybridized carbons (Fsp3) is 0.417. The molecule has 1 unspecified atom stereocenters. The van der Waals surface area contributed by atoms with Gasteiger partial charge in [-0.15, -0.1) is 11.3 Å². The molecule has 4 heteroatoms. The smallest absolute Gasteiger partial charge is 0.203 e. The van der Waals surface area contributed by atoms with E-state index in [1.54, 1.807) is 11.3 Å². The minimum atomic E-state index is 0.312. The summed E-state index contributed by atoms with van der Waals surface area (Å²) in [4.78, 5) is 5.82. The molecular weight excluding hydrogens is 218 g/mol. The molecule has 2 heterocycles. The molecule has 0 aliphatic carbocycles. The van der Waals surface area contributed by atoms with Crippen LogP contribution in [0.15, 0.2) is 23.7 Å². The van der Waals surface area contributed by atoms with Gasteiger partial charge in [-0.3, -0.25) is 0 Å². The Balaban J connectivity index is 2.14. The van der Waals surface area contributed by atoms with Gasteiger partial charge in [-0.05, 0) is 32.2 Å². The van der Waals surface area contributed by atoms with Crippen LogP contribution in [0.5, 0.6) is 0 Å². The van der Waals surface area contributed by atoms with Crippen molar-refractivity contribution in [3.05, 3.63) is 34.3 Å². The number of hydrogen-bond donors (Lipinski definition) is 1. The minimum Gasteiger partial charge on any atom is -0.348 e. The Morgan fingerprint density at radius 1 is 1.56 bits per heavy atom. The largest absolute Gasteiger partial charge is 0.348 e. The second kappa shape index (κ2) is 4.70. The Hall–Kier alpha value is -1.29. The van der Waals surface area contributed by atoms with E-state index in [-0.39, 0.29) is 0 Å². The van der Waals surface area contributed by atoms with Crippen LogP contribution in [0.1, 0.15) is 30.5 Å². The van der Waals surface area contributed by atoms with Crippen molar-refractivity contribution in [3.63, 3.8) is 0 Å². The SMILES string of the molecule is CCn1cc(C)nc1NC(C)c1cccs1. The molecule has 0 amide bonds. The summed E-state index contributed by atoms with van der Waals surface area (Å²) in [6, 6.07) is 4.54. The van der Waals surface area contributed by atoms with Gasteiger partial charge in [0.2, 0.25) is 5.95 Å². The van der Waals surface area contributed by atoms with Gasteiger partial charge in [0, 0.05) is 17.6 Å². The monoisotopic (exact) mass is 235 g/mol. The van der Waals surface area contributed by atoms with Gasteiger partial charge in [-0.2, -0.15) is 0 Å². The van der Waals surface area contributed by atoms with E-state index >= 15 is 0 Å². The van der Waals surface area contributed by atoms with Crippen LogP contribution in [0.25, 0.3) is 0 Å². The molecule has 2 aromatic rings. The quantitative estimate of drug-likeness (QED) is 0.879. The third kappa shape index (κ3) is 2.27. The molecule has 0 aliphatic rings. The van der Waals surface area contributed by atoms with Crippen molar-refractivity contribution in [1.82, 2.24) is 9.55 Å². The summed E-state index contributed by atoms with van der Waals surface area (Å²) >= 11 is 1.77. The summed E-state index contributed by atoms with van der Waals surface area (Å²) in [7, 11) is 0. The van der Waals surface area contributed by atoms with E-state index in [0.717, 1.165) is 18.2 Å². The Kier molecular flexibility index (Phi) is 3.29. The summed E-state index contributed by atoms with van der Waals surface area (Å²) in [5.41, 5.74) is 1.06. The van der Waals surface area contributed by atoms with E-state index in [1.165, 1.54) is 4.88 Å². The molecule has 0 spiro atoms. The van der Waals surface area contributed by atoms with Gasteiger partial charge in [0.25, 0.3) is 0 Å². The molecule has 0 saturated heterocycles. The summed E-state index contributed by atoms with van der Waals surface area (Å²) in [6.07, 6.45) is 2.07. The molecule has 0 aromatic carbocycles. The first-order chi connectivity index (χ1) is 7.70. The Bertz CT molecular complexity index is 445. The number of imidazole rings is 1. The topological polar surface area (TPSA) is 29.9 Å². The fourth-order valence-corrected chi connectivity index (χ4v) is 2.44. The van der Waals surface area contributed by atoms with Crippen LogP contribution in [-0.2, 0) is 6.54 Å². The highest BCUT2D eigenvalue weighted by atomic mass is 32.1. The second-order valence-electron chi connectivity index (χ2n) is 3.87. The molecule has 2 rings (SSSR count). The van der Waals surface area contributed by atoms with Gasteiger partial charge in [-0.25, -0.2) is 4.98 Å². The molecule has 2 aromatic heterocycles. The minimum absolute atomic E-state index is 0.312. The first-order valence-electron chi connectivity index (χ1n) is 5.54. The van der Waals surface area contributed by atoms with Crippen LogP contribution in [0.4, 0.5) is 5.95 Å². The third-order valence-corrected chi connectivity index (χ3v) is 3.61. The van der Waals surface area contributed by atoms with Gasteiger partial charge in [0.1, 0.15) is 0 Å². The zero-order valence-corrected chi connectivity index (χ0v) is 10.7. The maximum absolute atomic E-state index is 4.49. The van der Waals surface area contributed by atoms with Crippen molar-refractivity contribution >= 4 is 17.3 Å². The van der Waals surface area contributed by atoms with Gasteiger partial charge in [-0.1, -0.05) is 6.07 Å². The summed E-state index contributed by atoms with van der Waals surface area (Å²) in [6.45, 7) is 7.26. The number of rotatable bonds is 4. The Morgan fingerprint density at radius 3 is 3.00 bits per heavy atom. The molecule has 0 bridgehead atoms. The Labute approximate surface area is 100 Å². The third-order valence-electron chi connectivity index (χ3n) is 2.55. The lowest BCUT2D eigenvalue weighted by molar-refractivity contribution is 0.747. The number of nitrogens with zero attached hydrogens (tertiary/aromatic N) is 2. The Morgan fingerprint density at radius 2 is 2.38 bits per heavy atom. The van der Waals surface area contributed by atoms with Crippen LogP contribution in [0, 0.1) is 6.92 Å². The summed E-state index contributed by atoms with van der Waals surface area (Å²) in [5, 5.41) is 5.55. The number of aryl methyl sites for hydroxylation is 2. The first-order valence-corrected chi connectivity index (χ1v) is 6.42. The molecular formula is C12H17N3S. The van der Waals surface area contributed by atoms with Crippen LogP contribution in [0.3, 0.4) is 0 Å². The highest BCUT2D eigenvalue weighted by Crippen LogP contribution is 2.22. The van der Waals surface area contributed by atoms with Crippen LogP contribution < -0.4 is 5.32 Å². The molecule has 0 aliphatic heterocycles. The highest BCUT2D eigenvalue weighted by molar-refractivity contribution is 7.10. The van der Waals surface area contributed by atoms with Gasteiger partial charge >= 0.3 is 0 Å². The number of nitrogens with one attached hydrogen (secondary N) is 1. The molecule has 0 fully saturated rings. The van der Waals surface area contributed by atoms with E-state index in [1.807, 2.05) is 6.92 Å². The van der Waals surface area contributed by atoms with Crippen molar-refractivity contribution in [3.8, 4) is 0 Å². The zero-order chi connectivity index (χ0) is 11.5. The predicted octanol–water partition coefficient (Wildman–Crippen LogP) is 3.45. The summed E-state index contributed by atoms with van der Waals surface area (Å²) in [5.74, 6) is 0.959. The zero-order valence-electron chi connectivity index (χ0n) is 9.90. The maximum Gasteiger partial charge on any atom is 0.203 e. The second-order valence-corrected chi connectivity index (χ2v) is 4.85. The standard InChI is InChI=1S/C12H17N3S/c1-4-15-8-9(2)13-12(15)14-10(3)11-6-5-7-16-11/h5-8,10H,4H2,1-3H3,(H,13,14). The van der Waals surface area contributed by atoms with Crippen LogP contribution in [-0.4, -0.2) is 9.55 Å². The lowest BCUT2D eigenvalue weighted by Crippen LogP contribution is -2.10. The van der Waals surface area contributed by atoms with Crippen molar-refractivity contribution in [2.24, 2.45) is 0 Å². The van der Waals surface area contributed by atoms with Gasteiger partial charge < -0.3 is 9.88 Å². The van der Waals surface area contributed by atoms with Crippen LogP contribution >= 0.6 is 11.3 Å². The molecule has 86 valence electrons. The first kappa shape index (κ1) is 11.2. The van der Waals surface area contributed by atoms with E-state index in [9.17, 15) is 0 Å². The normalized spacial score (nSPS) is 12.7. The molecule has 1 N–H and O–H groups in total. The molecule has 0 radical (unpaired) electrons. The number of aromatic nitrogens is 2. The number of hydrogen-bond acceptors (Lipinski definition) is 3. The highest BCUT2D eigenvalue weighted by Gasteiger charge is 2.10. The maximum atomic E-state index is 4.49. The van der Waals surface area contributed by atoms with E-state index < -0.39 is 0 Å². The lowest BCUT2D eigenvalue weighted by atomic mass is 10.3. The number of thiophene rings is 1. The van der Waals surface area contributed by atoms with Crippen molar-refractivity contribution in [2.75, 3.05) is 5.32 Å². The van der Waals surface area contributed by atoms with E-state index in [4.69, 9.17) is 0 Å². The van der Waals surface area contributed by atoms with E-state index in [2.05, 4.69) is 52.4 Å². The average molecular weight is 235 g/mol. The van der Waals surface area contributed by atoms with Crippen molar-refractivity contribution in [1.29, 1.82) is 0 Å². The number of anilines is 1. The molecule has 3 nitrogen and oxygen atoms in total. The fourth-order valence-electron chi connectivity index (χ4n) is 1.71. The van der Waals surface area contributed by atoms with Crippen molar-refractivity contribution < 1.29 is 0 Å². The summed E-state index contributed by atoms with van der Waals surface area (Å²) < 4.78 is 2.14.